The van der Waals surface area contributed by atoms with Gasteiger partial charge in [0.05, 0.1) is 36.9 Å². The number of anilines is 1. The minimum absolute atomic E-state index is 0. The van der Waals surface area contributed by atoms with Crippen molar-refractivity contribution in [2.24, 2.45) is 0 Å². The molecule has 12 nitrogen and oxygen atoms in total. The van der Waals surface area contributed by atoms with Crippen LogP contribution >= 0.6 is 34.8 Å². The van der Waals surface area contributed by atoms with Crippen LogP contribution in [0.2, 0.25) is 15.5 Å². The maximum Gasteiger partial charge on any atom is 0.407 e. The van der Waals surface area contributed by atoms with Gasteiger partial charge < -0.3 is 30.3 Å². The van der Waals surface area contributed by atoms with Gasteiger partial charge in [-0.05, 0) is 41.5 Å². The van der Waals surface area contributed by atoms with Crippen LogP contribution in [0.4, 0.5) is 15.4 Å². The van der Waals surface area contributed by atoms with Gasteiger partial charge in [0.2, 0.25) is 0 Å². The van der Waals surface area contributed by atoms with Gasteiger partial charge in [0.25, 0.3) is 0 Å². The number of nitrogens with zero attached hydrogens (tertiary/aromatic N) is 5. The number of nitrogens with one attached hydrogen (secondary N) is 3. The van der Waals surface area contributed by atoms with Crippen LogP contribution in [0.3, 0.4) is 0 Å². The summed E-state index contributed by atoms with van der Waals surface area (Å²) in [5, 5.41) is 9.61. The maximum atomic E-state index is 11.6. The van der Waals surface area contributed by atoms with E-state index in [-0.39, 0.29) is 40.5 Å². The van der Waals surface area contributed by atoms with Crippen molar-refractivity contribution in [3.8, 4) is 0 Å². The molecule has 2 aliphatic rings. The molecule has 4 heterocycles. The molecule has 2 aliphatic heterocycles. The van der Waals surface area contributed by atoms with Gasteiger partial charge in [0.15, 0.2) is 0 Å². The predicted molar refractivity (Wildman–Crippen MR) is 171 cm³/mol. The number of ether oxygens (including phenoxy) is 2. The number of amides is 2. The lowest BCUT2D eigenvalue weighted by Crippen LogP contribution is -2.60. The Balaban J connectivity index is 0. The van der Waals surface area contributed by atoms with Gasteiger partial charge in [-0.15, -0.1) is 0 Å². The monoisotopic (exact) mass is 652 g/mol. The van der Waals surface area contributed by atoms with Gasteiger partial charge in [-0.3, -0.25) is 9.97 Å². The van der Waals surface area contributed by atoms with E-state index in [0.29, 0.717) is 28.5 Å². The molecular formula is C27H47Cl3N8O4. The maximum absolute atomic E-state index is 11.6. The molecule has 240 valence electrons. The molecule has 0 unspecified atom stereocenters. The number of carbonyl (C=O) groups is 2. The molecule has 0 saturated carbocycles. The van der Waals surface area contributed by atoms with Gasteiger partial charge in [0.1, 0.15) is 32.5 Å². The summed E-state index contributed by atoms with van der Waals surface area (Å²) in [7, 11) is 0. The zero-order chi connectivity index (χ0) is 29.2. The molecular weight excluding hydrogens is 607 g/mol. The molecule has 15 heteroatoms. The molecule has 0 aliphatic carbocycles. The van der Waals surface area contributed by atoms with Crippen molar-refractivity contribution in [1.82, 2.24) is 35.9 Å². The molecule has 2 aromatic heterocycles. The second-order valence-corrected chi connectivity index (χ2v) is 11.8. The number of rotatable bonds is 3. The van der Waals surface area contributed by atoms with Crippen LogP contribution in [0.1, 0.15) is 63.8 Å². The Morgan fingerprint density at radius 1 is 0.762 bits per heavy atom. The number of carbonyl (C=O) groups excluding carboxylic acids is 2. The molecule has 0 aromatic carbocycles. The molecule has 2 aromatic rings. The highest BCUT2D eigenvalue weighted by atomic mass is 35.5. The van der Waals surface area contributed by atoms with E-state index in [4.69, 9.17) is 44.3 Å². The Kier molecular flexibility index (Phi) is 18.5. The Labute approximate surface area is 265 Å². The molecule has 2 amide bonds. The van der Waals surface area contributed by atoms with Gasteiger partial charge in [-0.25, -0.2) is 19.6 Å². The molecule has 4 rings (SSSR count). The first-order valence-electron chi connectivity index (χ1n) is 12.1. The molecule has 0 spiro atoms. The highest BCUT2D eigenvalue weighted by Gasteiger charge is 2.30. The third-order valence-electron chi connectivity index (χ3n) is 4.60. The normalized spacial score (nSPS) is 14.2. The highest BCUT2D eigenvalue weighted by molar-refractivity contribution is 6.32. The lowest BCUT2D eigenvalue weighted by Gasteiger charge is -2.40. The molecule has 0 atom stereocenters. The van der Waals surface area contributed by atoms with Crippen LogP contribution in [0.5, 0.6) is 0 Å². The van der Waals surface area contributed by atoms with Crippen LogP contribution in [-0.2, 0) is 9.47 Å². The summed E-state index contributed by atoms with van der Waals surface area (Å²) in [6.45, 7) is 14.1. The molecule has 2 saturated heterocycles. The van der Waals surface area contributed by atoms with Crippen molar-refractivity contribution < 1.29 is 19.1 Å². The summed E-state index contributed by atoms with van der Waals surface area (Å²) in [5.41, 5.74) is -0.882. The van der Waals surface area contributed by atoms with Crippen molar-refractivity contribution in [3.63, 3.8) is 0 Å². The smallest absolute Gasteiger partial charge is 0.407 e. The van der Waals surface area contributed by atoms with Crippen molar-refractivity contribution in [1.29, 1.82) is 0 Å². The van der Waals surface area contributed by atoms with Crippen LogP contribution in [-0.4, -0.2) is 81.6 Å². The van der Waals surface area contributed by atoms with Gasteiger partial charge in [-0.1, -0.05) is 57.1 Å². The number of hydrogen-bond donors (Lipinski definition) is 3. The Morgan fingerprint density at radius 3 is 1.50 bits per heavy atom. The minimum atomic E-state index is -0.480. The average Bonchev–Trinajstić information content (AvgIpc) is 2.71. The van der Waals surface area contributed by atoms with Crippen molar-refractivity contribution in [2.75, 3.05) is 31.1 Å². The van der Waals surface area contributed by atoms with E-state index >= 15 is 0 Å². The van der Waals surface area contributed by atoms with Crippen LogP contribution in [0.15, 0.2) is 24.8 Å². The second kappa shape index (κ2) is 18.8. The Hall–Kier alpha value is -2.67. The van der Waals surface area contributed by atoms with Gasteiger partial charge >= 0.3 is 12.2 Å². The Morgan fingerprint density at radius 2 is 1.17 bits per heavy atom. The van der Waals surface area contributed by atoms with Crippen molar-refractivity contribution in [2.45, 2.75) is 87.1 Å². The minimum Gasteiger partial charge on any atom is -0.444 e. The standard InChI is InChI=1S/C12H17ClN4O2.C8H16N2O2.C4H2Cl2N2.3CH4/c1-12(2,3)19-11(18)15-8-6-17(7-8)10-5-14-4-9(13)16-10;1-8(2,3)12-7(11)10-6-4-9-5-6;5-3-1-7-2-4(6)8-3;;;/h4-5,8H,6-7H2,1-3H3,(H,15,18);6,9H,4-5H2,1-3H3,(H,10,11);1-2H;3*1H4. The van der Waals surface area contributed by atoms with E-state index in [1.165, 1.54) is 18.6 Å². The zero-order valence-corrected chi connectivity index (χ0v) is 25.1. The summed E-state index contributed by atoms with van der Waals surface area (Å²) in [4.78, 5) is 40.1. The van der Waals surface area contributed by atoms with Crippen LogP contribution < -0.4 is 20.9 Å². The molecule has 0 bridgehead atoms. The third kappa shape index (κ3) is 17.3. The van der Waals surface area contributed by atoms with E-state index in [0.717, 1.165) is 18.9 Å². The summed E-state index contributed by atoms with van der Waals surface area (Å²) in [6.07, 6.45) is 5.26. The predicted octanol–water partition coefficient (Wildman–Crippen LogP) is 6.02. The SMILES string of the molecule is C.C.C.CC(C)(C)OC(=O)NC1CN(c2cncc(Cl)n2)C1.CC(C)(C)OC(=O)NC1CNC1.Clc1cncc(Cl)n1. The zero-order valence-electron chi connectivity index (χ0n) is 22.8. The number of hydrogen-bond acceptors (Lipinski definition) is 10. The summed E-state index contributed by atoms with van der Waals surface area (Å²) < 4.78 is 10.3. The molecule has 0 radical (unpaired) electrons. The first kappa shape index (κ1) is 41.5. The summed E-state index contributed by atoms with van der Waals surface area (Å²) >= 11 is 16.5. The average molecular weight is 654 g/mol. The summed E-state index contributed by atoms with van der Waals surface area (Å²) in [6, 6.07) is 0.315. The van der Waals surface area contributed by atoms with E-state index in [1.54, 1.807) is 6.20 Å². The molecule has 42 heavy (non-hydrogen) atoms. The van der Waals surface area contributed by atoms with E-state index in [2.05, 4.69) is 35.9 Å². The number of alkyl carbamates (subject to hydrolysis) is 2. The molecule has 2 fully saturated rings. The Bertz CT molecular complexity index is 1070. The van der Waals surface area contributed by atoms with Crippen molar-refractivity contribution in [3.05, 3.63) is 40.2 Å². The van der Waals surface area contributed by atoms with Gasteiger partial charge in [-0.2, -0.15) is 0 Å². The first-order chi connectivity index (χ1) is 18.1. The second-order valence-electron chi connectivity index (χ2n) is 10.6. The molecule has 3 N–H and O–H groups in total. The highest BCUT2D eigenvalue weighted by Crippen LogP contribution is 2.19. The van der Waals surface area contributed by atoms with Crippen LogP contribution in [0.25, 0.3) is 0 Å². The third-order valence-corrected chi connectivity index (χ3v) is 5.14. The largest absolute Gasteiger partial charge is 0.444 e. The number of halogens is 3. The van der Waals surface area contributed by atoms with Gasteiger partial charge in [0, 0.05) is 26.2 Å². The fourth-order valence-corrected chi connectivity index (χ4v) is 3.38. The first-order valence-corrected chi connectivity index (χ1v) is 13.3. The van der Waals surface area contributed by atoms with E-state index < -0.39 is 17.3 Å². The lowest BCUT2D eigenvalue weighted by molar-refractivity contribution is 0.0479. The van der Waals surface area contributed by atoms with Crippen LogP contribution in [0, 0.1) is 0 Å². The lowest BCUT2D eigenvalue weighted by atomic mass is 10.1. The quantitative estimate of drug-likeness (QED) is 0.360. The number of aromatic nitrogens is 4. The fourth-order valence-electron chi connectivity index (χ4n) is 2.90. The van der Waals surface area contributed by atoms with E-state index in [1.807, 2.05) is 46.4 Å². The van der Waals surface area contributed by atoms with E-state index in [9.17, 15) is 9.59 Å². The fraction of sp³-hybridized carbons (Fsp3) is 0.630. The summed E-state index contributed by atoms with van der Waals surface area (Å²) in [5.74, 6) is 0.717. The topological polar surface area (TPSA) is 143 Å². The van der Waals surface area contributed by atoms with Crippen molar-refractivity contribution >= 4 is 52.8 Å².